The van der Waals surface area contributed by atoms with Crippen LogP contribution in [0, 0.1) is 5.82 Å². The first-order valence-corrected chi connectivity index (χ1v) is 10.8. The van der Waals surface area contributed by atoms with Gasteiger partial charge in [-0.05, 0) is 53.4 Å². The van der Waals surface area contributed by atoms with E-state index in [9.17, 15) is 14.0 Å². The maximum Gasteiger partial charge on any atom is 0.346 e. The first-order chi connectivity index (χ1) is 15.6. The van der Waals surface area contributed by atoms with Crippen LogP contribution >= 0.6 is 0 Å². The van der Waals surface area contributed by atoms with Crippen LogP contribution in [0.15, 0.2) is 71.5 Å². The van der Waals surface area contributed by atoms with E-state index in [4.69, 9.17) is 0 Å². The number of carbonyl (C=O) groups is 1. The number of hydrogen-bond donors (Lipinski definition) is 1. The summed E-state index contributed by atoms with van der Waals surface area (Å²) in [5.74, 6) is 0.108. The van der Waals surface area contributed by atoms with Gasteiger partial charge in [0.2, 0.25) is 5.91 Å². The molecular weight excluding hydrogens is 407 g/mol. The number of fused-ring (bicyclic) bond motifs is 1. The Kier molecular flexibility index (Phi) is 5.31. The summed E-state index contributed by atoms with van der Waals surface area (Å²) in [5.41, 5.74) is 1.47. The number of halogens is 1. The first kappa shape index (κ1) is 20.2. The van der Waals surface area contributed by atoms with Gasteiger partial charge in [0, 0.05) is 18.2 Å². The summed E-state index contributed by atoms with van der Waals surface area (Å²) in [5, 5.41) is 9.54. The Morgan fingerprint density at radius 1 is 1.03 bits per heavy atom. The van der Waals surface area contributed by atoms with E-state index in [-0.39, 0.29) is 36.4 Å². The van der Waals surface area contributed by atoms with Gasteiger partial charge < -0.3 is 5.32 Å². The third kappa shape index (κ3) is 4.06. The van der Waals surface area contributed by atoms with E-state index >= 15 is 0 Å². The van der Waals surface area contributed by atoms with Crippen molar-refractivity contribution in [1.29, 1.82) is 0 Å². The highest BCUT2D eigenvalue weighted by atomic mass is 19.1. The molecule has 3 aromatic carbocycles. The fourth-order valence-electron chi connectivity index (χ4n) is 4.01. The molecule has 7 heteroatoms. The number of nitrogens with one attached hydrogen (secondary N) is 1. The molecule has 0 aliphatic heterocycles. The Balaban J connectivity index is 1.28. The van der Waals surface area contributed by atoms with Crippen molar-refractivity contribution in [1.82, 2.24) is 19.7 Å². The van der Waals surface area contributed by atoms with Crippen molar-refractivity contribution in [2.45, 2.75) is 31.8 Å². The van der Waals surface area contributed by atoms with Gasteiger partial charge in [0.1, 0.15) is 5.82 Å². The molecule has 1 N–H and O–H groups in total. The number of amides is 1. The quantitative estimate of drug-likeness (QED) is 0.486. The minimum Gasteiger partial charge on any atom is -0.354 e. The Hall–Kier alpha value is -3.74. The summed E-state index contributed by atoms with van der Waals surface area (Å²) in [6.07, 6.45) is 2.14. The zero-order valence-corrected chi connectivity index (χ0v) is 17.5. The van der Waals surface area contributed by atoms with Gasteiger partial charge in [-0.2, -0.15) is 0 Å². The van der Waals surface area contributed by atoms with Gasteiger partial charge in [0.15, 0.2) is 5.82 Å². The summed E-state index contributed by atoms with van der Waals surface area (Å²) >= 11 is 0. The van der Waals surface area contributed by atoms with Crippen LogP contribution in [0.5, 0.6) is 0 Å². The van der Waals surface area contributed by atoms with Crippen molar-refractivity contribution in [2.75, 3.05) is 6.54 Å². The van der Waals surface area contributed by atoms with Crippen LogP contribution in [0.25, 0.3) is 22.2 Å². The van der Waals surface area contributed by atoms with Crippen LogP contribution in [0.1, 0.15) is 24.4 Å². The lowest BCUT2D eigenvalue weighted by molar-refractivity contribution is -0.120. The average Bonchev–Trinajstić information content (AvgIpc) is 3.58. The Labute approximate surface area is 184 Å². The van der Waals surface area contributed by atoms with Crippen molar-refractivity contribution in [3.63, 3.8) is 0 Å². The van der Waals surface area contributed by atoms with Crippen molar-refractivity contribution in [3.05, 3.63) is 88.6 Å². The van der Waals surface area contributed by atoms with E-state index in [1.165, 1.54) is 16.8 Å². The monoisotopic (exact) mass is 430 g/mol. The normalized spacial score (nSPS) is 13.4. The molecule has 1 fully saturated rings. The third-order valence-electron chi connectivity index (χ3n) is 5.76. The Morgan fingerprint density at radius 3 is 2.56 bits per heavy atom. The summed E-state index contributed by atoms with van der Waals surface area (Å²) in [7, 11) is 0. The van der Waals surface area contributed by atoms with Crippen molar-refractivity contribution in [3.8, 4) is 11.4 Å². The van der Waals surface area contributed by atoms with Gasteiger partial charge >= 0.3 is 5.69 Å². The highest BCUT2D eigenvalue weighted by Gasteiger charge is 2.30. The third-order valence-corrected chi connectivity index (χ3v) is 5.76. The lowest BCUT2D eigenvalue weighted by Gasteiger charge is -2.08. The van der Waals surface area contributed by atoms with Crippen LogP contribution in [0.3, 0.4) is 0 Å². The Bertz CT molecular complexity index is 1330. The van der Waals surface area contributed by atoms with Crippen LogP contribution in [-0.4, -0.2) is 26.8 Å². The largest absolute Gasteiger partial charge is 0.354 e. The second-order valence-corrected chi connectivity index (χ2v) is 8.10. The molecule has 1 heterocycles. The molecule has 1 amide bonds. The first-order valence-electron chi connectivity index (χ1n) is 10.8. The molecule has 1 aromatic heterocycles. The minimum absolute atomic E-state index is 0.102. The van der Waals surface area contributed by atoms with Crippen molar-refractivity contribution >= 4 is 16.7 Å². The van der Waals surface area contributed by atoms with Crippen molar-refractivity contribution < 1.29 is 9.18 Å². The fourth-order valence-corrected chi connectivity index (χ4v) is 4.01. The molecule has 0 atom stereocenters. The van der Waals surface area contributed by atoms with Crippen LogP contribution in [-0.2, 0) is 17.8 Å². The molecule has 5 rings (SSSR count). The number of hydrogen-bond acceptors (Lipinski definition) is 3. The predicted octanol–water partition coefficient (Wildman–Crippen LogP) is 3.70. The standard InChI is InChI=1S/C25H23FN4O2/c26-20-10-8-18(9-11-20)24-28-29(25(32)30(24)21-12-13-21)15-14-27-23(31)16-19-6-3-5-17-4-1-2-7-22(17)19/h1-11,21H,12-16H2,(H,27,31). The fraction of sp³-hybridized carbons (Fsp3) is 0.240. The molecule has 0 bridgehead atoms. The SMILES string of the molecule is O=C(Cc1cccc2ccccc12)NCCn1nc(-c2ccc(F)cc2)n(C2CC2)c1=O. The molecule has 4 aromatic rings. The zero-order valence-electron chi connectivity index (χ0n) is 17.5. The molecule has 1 aliphatic rings. The molecule has 32 heavy (non-hydrogen) atoms. The zero-order chi connectivity index (χ0) is 22.1. The summed E-state index contributed by atoms with van der Waals surface area (Å²) < 4.78 is 16.4. The number of carbonyl (C=O) groups excluding carboxylic acids is 1. The predicted molar refractivity (Wildman–Crippen MR) is 121 cm³/mol. The summed E-state index contributed by atoms with van der Waals surface area (Å²) in [4.78, 5) is 25.4. The molecule has 6 nitrogen and oxygen atoms in total. The van der Waals surface area contributed by atoms with Gasteiger partial charge in [-0.3, -0.25) is 9.36 Å². The number of aromatic nitrogens is 3. The lowest BCUT2D eigenvalue weighted by Crippen LogP contribution is -2.32. The number of nitrogens with zero attached hydrogens (tertiary/aromatic N) is 3. The van der Waals surface area contributed by atoms with Gasteiger partial charge in [-0.25, -0.2) is 13.9 Å². The molecular formula is C25H23FN4O2. The highest BCUT2D eigenvalue weighted by Crippen LogP contribution is 2.36. The van der Waals surface area contributed by atoms with E-state index in [1.54, 1.807) is 16.7 Å². The van der Waals surface area contributed by atoms with Gasteiger partial charge in [-0.15, -0.1) is 5.10 Å². The van der Waals surface area contributed by atoms with E-state index < -0.39 is 0 Å². The van der Waals surface area contributed by atoms with E-state index in [0.717, 1.165) is 29.2 Å². The molecule has 162 valence electrons. The molecule has 1 saturated carbocycles. The number of benzene rings is 3. The van der Waals surface area contributed by atoms with Crippen LogP contribution in [0.4, 0.5) is 4.39 Å². The lowest BCUT2D eigenvalue weighted by atomic mass is 10.0. The maximum absolute atomic E-state index is 13.3. The second kappa shape index (κ2) is 8.42. The van der Waals surface area contributed by atoms with Gasteiger partial charge in [0.25, 0.3) is 0 Å². The van der Waals surface area contributed by atoms with E-state index in [2.05, 4.69) is 10.4 Å². The number of rotatable bonds is 7. The molecule has 0 saturated heterocycles. The summed E-state index contributed by atoms with van der Waals surface area (Å²) in [6, 6.07) is 20.0. The minimum atomic E-state index is -0.331. The van der Waals surface area contributed by atoms with E-state index in [1.807, 2.05) is 42.5 Å². The molecule has 0 radical (unpaired) electrons. The van der Waals surface area contributed by atoms with Crippen LogP contribution in [0.2, 0.25) is 0 Å². The van der Waals surface area contributed by atoms with Crippen molar-refractivity contribution in [2.24, 2.45) is 0 Å². The van der Waals surface area contributed by atoms with Gasteiger partial charge in [0.05, 0.1) is 13.0 Å². The topological polar surface area (TPSA) is 68.9 Å². The van der Waals surface area contributed by atoms with E-state index in [0.29, 0.717) is 17.9 Å². The summed E-state index contributed by atoms with van der Waals surface area (Å²) in [6.45, 7) is 0.571. The maximum atomic E-state index is 13.3. The molecule has 1 aliphatic carbocycles. The molecule has 0 unspecified atom stereocenters. The second-order valence-electron chi connectivity index (χ2n) is 8.10. The smallest absolute Gasteiger partial charge is 0.346 e. The van der Waals surface area contributed by atoms with Crippen LogP contribution < -0.4 is 11.0 Å². The van der Waals surface area contributed by atoms with Gasteiger partial charge in [-0.1, -0.05) is 42.5 Å². The Morgan fingerprint density at radius 2 is 1.78 bits per heavy atom. The highest BCUT2D eigenvalue weighted by molar-refractivity contribution is 5.90. The average molecular weight is 430 g/mol. The molecule has 0 spiro atoms.